The van der Waals surface area contributed by atoms with Gasteiger partial charge in [0.1, 0.15) is 6.33 Å². The van der Waals surface area contributed by atoms with Crippen LogP contribution in [0.3, 0.4) is 0 Å². The van der Waals surface area contributed by atoms with Gasteiger partial charge in [-0.2, -0.15) is 0 Å². The van der Waals surface area contributed by atoms with E-state index in [2.05, 4.69) is 14.9 Å². The number of nitro groups is 1. The topological polar surface area (TPSA) is 75.4 Å². The molecule has 0 bridgehead atoms. The van der Waals surface area contributed by atoms with Crippen molar-refractivity contribution < 1.29 is 4.92 Å². The van der Waals surface area contributed by atoms with Crippen LogP contribution >= 0.6 is 11.6 Å². The maximum atomic E-state index is 11.1. The summed E-state index contributed by atoms with van der Waals surface area (Å²) in [6.07, 6.45) is 3.96. The summed E-state index contributed by atoms with van der Waals surface area (Å²) in [5.74, 6) is 1.20. The molecular weight excluding hydrogens is 282 g/mol. The maximum absolute atomic E-state index is 11.1. The lowest BCUT2D eigenvalue weighted by Crippen LogP contribution is -2.47. The van der Waals surface area contributed by atoms with Gasteiger partial charge in [-0.05, 0) is 18.8 Å². The summed E-state index contributed by atoms with van der Waals surface area (Å²) in [5.41, 5.74) is -0.190. The maximum Gasteiger partial charge on any atom is 0.348 e. The van der Waals surface area contributed by atoms with Gasteiger partial charge in [-0.1, -0.05) is 11.6 Å². The predicted octanol–water partition coefficient (Wildman–Crippen LogP) is 1.57. The second kappa shape index (κ2) is 5.49. The summed E-state index contributed by atoms with van der Waals surface area (Å²) in [6, 6.07) is 0. The molecule has 0 spiro atoms. The van der Waals surface area contributed by atoms with Crippen LogP contribution in [0.2, 0.25) is 5.15 Å². The van der Waals surface area contributed by atoms with E-state index in [-0.39, 0.29) is 10.8 Å². The van der Waals surface area contributed by atoms with Gasteiger partial charge in [0.15, 0.2) is 0 Å². The zero-order valence-corrected chi connectivity index (χ0v) is 11.8. The molecule has 0 radical (unpaired) electrons. The van der Waals surface area contributed by atoms with Gasteiger partial charge in [-0.25, -0.2) is 9.97 Å². The van der Waals surface area contributed by atoms with Gasteiger partial charge in [0.05, 0.1) is 4.92 Å². The monoisotopic (exact) mass is 297 g/mol. The Morgan fingerprint density at radius 3 is 2.60 bits per heavy atom. The molecule has 0 atom stereocenters. The van der Waals surface area contributed by atoms with Crippen LogP contribution in [-0.4, -0.2) is 52.5 Å². The minimum Gasteiger partial charge on any atom is -0.348 e. The van der Waals surface area contributed by atoms with Crippen molar-refractivity contribution in [2.24, 2.45) is 5.92 Å². The molecule has 0 unspecified atom stereocenters. The van der Waals surface area contributed by atoms with E-state index < -0.39 is 4.92 Å². The molecule has 7 nitrogen and oxygen atoms in total. The minimum atomic E-state index is -0.506. The molecule has 108 valence electrons. The molecule has 1 saturated carbocycles. The number of aromatic nitrogens is 2. The number of anilines is 1. The van der Waals surface area contributed by atoms with Crippen LogP contribution < -0.4 is 4.90 Å². The van der Waals surface area contributed by atoms with Crippen molar-refractivity contribution in [3.8, 4) is 0 Å². The van der Waals surface area contributed by atoms with Crippen molar-refractivity contribution in [3.63, 3.8) is 0 Å². The van der Waals surface area contributed by atoms with Crippen molar-refractivity contribution in [1.29, 1.82) is 0 Å². The first-order chi connectivity index (χ1) is 9.65. The Labute approximate surface area is 121 Å². The lowest BCUT2D eigenvalue weighted by atomic mass is 10.2. The molecule has 0 amide bonds. The molecule has 2 fully saturated rings. The van der Waals surface area contributed by atoms with Gasteiger partial charge in [0, 0.05) is 32.7 Å². The number of hydrogen-bond acceptors (Lipinski definition) is 6. The average Bonchev–Trinajstić information content (AvgIpc) is 3.23. The fourth-order valence-electron chi connectivity index (χ4n) is 2.55. The average molecular weight is 298 g/mol. The van der Waals surface area contributed by atoms with Crippen LogP contribution in [0.5, 0.6) is 0 Å². The third-order valence-corrected chi connectivity index (χ3v) is 4.10. The first kappa shape index (κ1) is 13.5. The van der Waals surface area contributed by atoms with Crippen LogP contribution in [0.15, 0.2) is 6.33 Å². The quantitative estimate of drug-likeness (QED) is 0.477. The highest BCUT2D eigenvalue weighted by molar-refractivity contribution is 6.31. The van der Waals surface area contributed by atoms with E-state index >= 15 is 0 Å². The molecule has 1 aliphatic heterocycles. The summed E-state index contributed by atoms with van der Waals surface area (Å²) in [4.78, 5) is 22.7. The van der Waals surface area contributed by atoms with Gasteiger partial charge >= 0.3 is 5.69 Å². The van der Waals surface area contributed by atoms with Crippen LogP contribution in [-0.2, 0) is 0 Å². The van der Waals surface area contributed by atoms with E-state index in [0.29, 0.717) is 5.82 Å². The van der Waals surface area contributed by atoms with E-state index in [4.69, 9.17) is 11.6 Å². The fourth-order valence-corrected chi connectivity index (χ4v) is 2.74. The molecule has 1 aromatic rings. The van der Waals surface area contributed by atoms with E-state index in [1.807, 2.05) is 4.90 Å². The summed E-state index contributed by atoms with van der Waals surface area (Å²) >= 11 is 5.82. The van der Waals surface area contributed by atoms with E-state index in [1.54, 1.807) is 0 Å². The lowest BCUT2D eigenvalue weighted by Gasteiger charge is -2.35. The van der Waals surface area contributed by atoms with E-state index in [9.17, 15) is 10.1 Å². The first-order valence-electron chi connectivity index (χ1n) is 6.77. The van der Waals surface area contributed by atoms with Crippen molar-refractivity contribution in [1.82, 2.24) is 14.9 Å². The van der Waals surface area contributed by atoms with Gasteiger partial charge < -0.3 is 4.90 Å². The van der Waals surface area contributed by atoms with Crippen LogP contribution in [0.25, 0.3) is 0 Å². The number of halogens is 1. The normalized spacial score (nSPS) is 20.1. The molecule has 3 rings (SSSR count). The summed E-state index contributed by atoms with van der Waals surface area (Å²) in [6.45, 7) is 4.45. The number of rotatable bonds is 4. The smallest absolute Gasteiger partial charge is 0.348 e. The van der Waals surface area contributed by atoms with Crippen LogP contribution in [0.4, 0.5) is 11.5 Å². The highest BCUT2D eigenvalue weighted by Crippen LogP contribution is 2.33. The Kier molecular flexibility index (Phi) is 3.71. The van der Waals surface area contributed by atoms with E-state index in [1.165, 1.54) is 19.2 Å². The molecule has 0 N–H and O–H groups in total. The molecule has 2 aliphatic rings. The standard InChI is InChI=1S/C12H16ClN5O2/c13-11-10(18(19)20)12(15-8-14-11)17-5-3-16(4-6-17)7-9-1-2-9/h8-9H,1-7H2. The fraction of sp³-hybridized carbons (Fsp3) is 0.667. The Balaban J connectivity index is 1.71. The van der Waals surface area contributed by atoms with Crippen molar-refractivity contribution in [2.75, 3.05) is 37.6 Å². The SMILES string of the molecule is O=[N+]([O-])c1c(Cl)ncnc1N1CCN(CC2CC2)CC1. The second-order valence-corrected chi connectivity index (χ2v) is 5.68. The Bertz CT molecular complexity index is 515. The number of nitrogens with zero attached hydrogens (tertiary/aromatic N) is 5. The highest BCUT2D eigenvalue weighted by Gasteiger charge is 2.30. The van der Waals surface area contributed by atoms with Gasteiger partial charge in [-0.3, -0.25) is 15.0 Å². The van der Waals surface area contributed by atoms with Crippen molar-refractivity contribution >= 4 is 23.1 Å². The third kappa shape index (κ3) is 2.83. The summed E-state index contributed by atoms with van der Waals surface area (Å²) < 4.78 is 0. The Morgan fingerprint density at radius 2 is 2.00 bits per heavy atom. The second-order valence-electron chi connectivity index (χ2n) is 5.32. The van der Waals surface area contributed by atoms with Gasteiger partial charge in [0.25, 0.3) is 0 Å². The Hall–Kier alpha value is -1.47. The molecule has 0 aromatic carbocycles. The largest absolute Gasteiger partial charge is 0.348 e. The summed E-state index contributed by atoms with van der Waals surface area (Å²) in [5, 5.41) is 11.0. The van der Waals surface area contributed by atoms with Gasteiger partial charge in [-0.15, -0.1) is 0 Å². The van der Waals surface area contributed by atoms with Crippen molar-refractivity contribution in [3.05, 3.63) is 21.6 Å². The third-order valence-electron chi connectivity index (χ3n) is 3.83. The number of piperazine rings is 1. The number of hydrogen-bond donors (Lipinski definition) is 0. The lowest BCUT2D eigenvalue weighted by molar-refractivity contribution is -0.384. The van der Waals surface area contributed by atoms with Crippen LogP contribution in [0.1, 0.15) is 12.8 Å². The first-order valence-corrected chi connectivity index (χ1v) is 7.15. The molecule has 1 saturated heterocycles. The minimum absolute atomic E-state index is 0.0968. The molecule has 2 heterocycles. The van der Waals surface area contributed by atoms with Crippen molar-refractivity contribution in [2.45, 2.75) is 12.8 Å². The molecule has 20 heavy (non-hydrogen) atoms. The predicted molar refractivity (Wildman–Crippen MR) is 75.1 cm³/mol. The zero-order chi connectivity index (χ0) is 14.1. The Morgan fingerprint density at radius 1 is 1.30 bits per heavy atom. The molecule has 1 aromatic heterocycles. The van der Waals surface area contributed by atoms with Crippen LogP contribution in [0, 0.1) is 16.0 Å². The zero-order valence-electron chi connectivity index (χ0n) is 11.0. The van der Waals surface area contributed by atoms with Gasteiger partial charge in [0.2, 0.25) is 11.0 Å². The molecular formula is C12H16ClN5O2. The molecule has 8 heteroatoms. The highest BCUT2D eigenvalue weighted by atomic mass is 35.5. The summed E-state index contributed by atoms with van der Waals surface area (Å²) in [7, 11) is 0. The van der Waals surface area contributed by atoms with E-state index in [0.717, 1.165) is 38.6 Å². The molecule has 1 aliphatic carbocycles.